The SMILES string of the molecule is Cc1cccc(NC(N)=NCC(C)c2ccccc2)c1. The highest BCUT2D eigenvalue weighted by Crippen LogP contribution is 2.14. The average Bonchev–Trinajstić information content (AvgIpc) is 2.46. The van der Waals surface area contributed by atoms with Gasteiger partial charge in [-0.3, -0.25) is 4.99 Å². The minimum absolute atomic E-state index is 0.356. The Hall–Kier alpha value is -2.29. The molecule has 0 radical (unpaired) electrons. The molecule has 0 saturated carbocycles. The summed E-state index contributed by atoms with van der Waals surface area (Å²) in [7, 11) is 0. The number of hydrogen-bond acceptors (Lipinski definition) is 1. The smallest absolute Gasteiger partial charge is 0.193 e. The third-order valence-corrected chi connectivity index (χ3v) is 3.19. The van der Waals surface area contributed by atoms with Gasteiger partial charge in [0.1, 0.15) is 0 Å². The summed E-state index contributed by atoms with van der Waals surface area (Å²) < 4.78 is 0. The highest BCUT2D eigenvalue weighted by Gasteiger charge is 2.04. The molecule has 0 heterocycles. The molecule has 0 saturated heterocycles. The number of guanidine groups is 1. The van der Waals surface area contributed by atoms with Crippen molar-refractivity contribution in [2.45, 2.75) is 19.8 Å². The zero-order chi connectivity index (χ0) is 14.4. The minimum atomic E-state index is 0.356. The highest BCUT2D eigenvalue weighted by atomic mass is 15.1. The minimum Gasteiger partial charge on any atom is -0.370 e. The van der Waals surface area contributed by atoms with E-state index < -0.39 is 0 Å². The van der Waals surface area contributed by atoms with Gasteiger partial charge in [0.2, 0.25) is 0 Å². The molecule has 2 aromatic carbocycles. The van der Waals surface area contributed by atoms with E-state index in [-0.39, 0.29) is 0 Å². The lowest BCUT2D eigenvalue weighted by atomic mass is 10.0. The molecule has 20 heavy (non-hydrogen) atoms. The first kappa shape index (κ1) is 14.1. The molecule has 0 aromatic heterocycles. The van der Waals surface area contributed by atoms with Crippen LogP contribution < -0.4 is 11.1 Å². The van der Waals surface area contributed by atoms with E-state index in [2.05, 4.69) is 42.4 Å². The molecule has 1 atom stereocenters. The number of aliphatic imine (C=N–C) groups is 1. The van der Waals surface area contributed by atoms with Crippen LogP contribution in [-0.2, 0) is 0 Å². The molecule has 0 aliphatic rings. The summed E-state index contributed by atoms with van der Waals surface area (Å²) in [5.74, 6) is 0.812. The van der Waals surface area contributed by atoms with Crippen LogP contribution in [0, 0.1) is 6.92 Å². The number of nitrogens with two attached hydrogens (primary N) is 1. The van der Waals surface area contributed by atoms with Crippen LogP contribution in [0.1, 0.15) is 24.0 Å². The molecule has 3 heteroatoms. The van der Waals surface area contributed by atoms with E-state index in [1.807, 2.05) is 36.4 Å². The van der Waals surface area contributed by atoms with Crippen molar-refractivity contribution in [2.75, 3.05) is 11.9 Å². The lowest BCUT2D eigenvalue weighted by molar-refractivity contribution is 0.774. The fourth-order valence-electron chi connectivity index (χ4n) is 2.03. The summed E-state index contributed by atoms with van der Waals surface area (Å²) in [6.45, 7) is 4.88. The number of aryl methyl sites for hydroxylation is 1. The third kappa shape index (κ3) is 4.12. The average molecular weight is 267 g/mol. The molecular weight excluding hydrogens is 246 g/mol. The van der Waals surface area contributed by atoms with Gasteiger partial charge in [0.05, 0.1) is 0 Å². The molecule has 0 aliphatic carbocycles. The fraction of sp³-hybridized carbons (Fsp3) is 0.235. The Morgan fingerprint density at radius 2 is 1.90 bits per heavy atom. The molecule has 0 aliphatic heterocycles. The second-order valence-corrected chi connectivity index (χ2v) is 5.03. The van der Waals surface area contributed by atoms with Gasteiger partial charge in [0.15, 0.2) is 5.96 Å². The molecule has 0 bridgehead atoms. The van der Waals surface area contributed by atoms with Crippen LogP contribution in [0.15, 0.2) is 59.6 Å². The largest absolute Gasteiger partial charge is 0.370 e. The molecule has 2 aromatic rings. The van der Waals surface area contributed by atoms with E-state index in [1.165, 1.54) is 11.1 Å². The topological polar surface area (TPSA) is 50.4 Å². The maximum Gasteiger partial charge on any atom is 0.193 e. The van der Waals surface area contributed by atoms with E-state index in [1.54, 1.807) is 0 Å². The maximum atomic E-state index is 5.92. The Bertz CT molecular complexity index is 576. The zero-order valence-electron chi connectivity index (χ0n) is 12.0. The Kier molecular flexibility index (Phi) is 4.77. The second kappa shape index (κ2) is 6.75. The Balaban J connectivity index is 1.94. The predicted octanol–water partition coefficient (Wildman–Crippen LogP) is 3.53. The van der Waals surface area contributed by atoms with Crippen molar-refractivity contribution < 1.29 is 0 Å². The van der Waals surface area contributed by atoms with Gasteiger partial charge in [-0.05, 0) is 30.2 Å². The van der Waals surface area contributed by atoms with Gasteiger partial charge < -0.3 is 11.1 Å². The summed E-state index contributed by atoms with van der Waals surface area (Å²) in [5, 5.41) is 3.12. The van der Waals surface area contributed by atoms with E-state index in [9.17, 15) is 0 Å². The Morgan fingerprint density at radius 3 is 2.60 bits per heavy atom. The van der Waals surface area contributed by atoms with E-state index in [0.29, 0.717) is 18.4 Å². The summed E-state index contributed by atoms with van der Waals surface area (Å²) in [6, 6.07) is 18.4. The first-order chi connectivity index (χ1) is 9.65. The number of benzene rings is 2. The van der Waals surface area contributed by atoms with Crippen molar-refractivity contribution in [1.29, 1.82) is 0 Å². The fourth-order valence-corrected chi connectivity index (χ4v) is 2.03. The van der Waals surface area contributed by atoms with Crippen LogP contribution in [0.25, 0.3) is 0 Å². The number of nitrogens with one attached hydrogen (secondary N) is 1. The van der Waals surface area contributed by atoms with Crippen molar-refractivity contribution in [3.63, 3.8) is 0 Å². The molecule has 2 rings (SSSR count). The Labute approximate surface area is 120 Å². The summed E-state index contributed by atoms with van der Waals surface area (Å²) in [6.07, 6.45) is 0. The van der Waals surface area contributed by atoms with E-state index >= 15 is 0 Å². The molecule has 1 unspecified atom stereocenters. The van der Waals surface area contributed by atoms with Gasteiger partial charge in [-0.15, -0.1) is 0 Å². The Morgan fingerprint density at radius 1 is 1.15 bits per heavy atom. The van der Waals surface area contributed by atoms with Gasteiger partial charge in [-0.2, -0.15) is 0 Å². The lowest BCUT2D eigenvalue weighted by Gasteiger charge is -2.10. The van der Waals surface area contributed by atoms with Crippen molar-refractivity contribution in [1.82, 2.24) is 0 Å². The predicted molar refractivity (Wildman–Crippen MR) is 86.1 cm³/mol. The van der Waals surface area contributed by atoms with Gasteiger partial charge in [0, 0.05) is 18.2 Å². The van der Waals surface area contributed by atoms with Crippen LogP contribution in [-0.4, -0.2) is 12.5 Å². The first-order valence-corrected chi connectivity index (χ1v) is 6.83. The standard InChI is InChI=1S/C17H21N3/c1-13-7-6-10-16(11-13)20-17(18)19-12-14(2)15-8-4-3-5-9-15/h3-11,14H,12H2,1-2H3,(H3,18,19,20). The summed E-state index contributed by atoms with van der Waals surface area (Å²) >= 11 is 0. The quantitative estimate of drug-likeness (QED) is 0.657. The molecular formula is C17H21N3. The molecule has 0 spiro atoms. The van der Waals surface area contributed by atoms with Crippen molar-refractivity contribution in [3.05, 3.63) is 65.7 Å². The number of anilines is 1. The summed E-state index contributed by atoms with van der Waals surface area (Å²) in [5.41, 5.74) is 9.36. The number of rotatable bonds is 4. The van der Waals surface area contributed by atoms with Crippen LogP contribution in [0.3, 0.4) is 0 Å². The number of nitrogens with zero attached hydrogens (tertiary/aromatic N) is 1. The van der Waals surface area contributed by atoms with E-state index in [4.69, 9.17) is 5.73 Å². The van der Waals surface area contributed by atoms with Gasteiger partial charge >= 0.3 is 0 Å². The normalized spacial score (nSPS) is 13.0. The van der Waals surface area contributed by atoms with Gasteiger partial charge in [-0.25, -0.2) is 0 Å². The highest BCUT2D eigenvalue weighted by molar-refractivity contribution is 5.92. The van der Waals surface area contributed by atoms with Gasteiger partial charge in [0.25, 0.3) is 0 Å². The van der Waals surface area contributed by atoms with Crippen molar-refractivity contribution >= 4 is 11.6 Å². The van der Waals surface area contributed by atoms with Crippen LogP contribution in [0.5, 0.6) is 0 Å². The zero-order valence-corrected chi connectivity index (χ0v) is 12.0. The van der Waals surface area contributed by atoms with Gasteiger partial charge in [-0.1, -0.05) is 49.4 Å². The van der Waals surface area contributed by atoms with Crippen LogP contribution in [0.2, 0.25) is 0 Å². The van der Waals surface area contributed by atoms with Crippen LogP contribution in [0.4, 0.5) is 5.69 Å². The van der Waals surface area contributed by atoms with Crippen molar-refractivity contribution in [2.24, 2.45) is 10.7 Å². The monoisotopic (exact) mass is 267 g/mol. The molecule has 0 fully saturated rings. The molecule has 3 nitrogen and oxygen atoms in total. The number of hydrogen-bond donors (Lipinski definition) is 2. The third-order valence-electron chi connectivity index (χ3n) is 3.19. The molecule has 104 valence electrons. The molecule has 3 N–H and O–H groups in total. The van der Waals surface area contributed by atoms with E-state index in [0.717, 1.165) is 5.69 Å². The lowest BCUT2D eigenvalue weighted by Crippen LogP contribution is -2.23. The molecule has 0 amide bonds. The summed E-state index contributed by atoms with van der Waals surface area (Å²) in [4.78, 5) is 4.41. The van der Waals surface area contributed by atoms with Crippen LogP contribution >= 0.6 is 0 Å². The second-order valence-electron chi connectivity index (χ2n) is 5.03. The maximum absolute atomic E-state index is 5.92. The first-order valence-electron chi connectivity index (χ1n) is 6.83. The van der Waals surface area contributed by atoms with Crippen molar-refractivity contribution in [3.8, 4) is 0 Å².